The largest absolute Gasteiger partial charge is 0.492 e. The van der Waals surface area contributed by atoms with Gasteiger partial charge in [-0.05, 0) is 24.6 Å². The first-order valence-corrected chi connectivity index (χ1v) is 11.3. The van der Waals surface area contributed by atoms with Gasteiger partial charge in [0.1, 0.15) is 19.0 Å². The summed E-state index contributed by atoms with van der Waals surface area (Å²) in [6, 6.07) is 6.54. The van der Waals surface area contributed by atoms with Crippen LogP contribution in [0.1, 0.15) is 25.8 Å². The number of amides is 2. The predicted molar refractivity (Wildman–Crippen MR) is 122 cm³/mol. The van der Waals surface area contributed by atoms with Gasteiger partial charge in [-0.2, -0.15) is 0 Å². The number of urea groups is 1. The molecule has 1 aromatic rings. The highest BCUT2D eigenvalue weighted by Crippen LogP contribution is 2.17. The summed E-state index contributed by atoms with van der Waals surface area (Å²) in [6.45, 7) is 3.83. The number of alkyl halides is 2. The van der Waals surface area contributed by atoms with Crippen molar-refractivity contribution in [1.82, 2.24) is 10.2 Å². The number of hydrogen-bond acceptors (Lipinski definition) is 6. The van der Waals surface area contributed by atoms with Crippen molar-refractivity contribution >= 4 is 12.0 Å². The Hall–Kier alpha value is -2.50. The van der Waals surface area contributed by atoms with Crippen LogP contribution in [0.2, 0.25) is 0 Å². The average molecular weight is 491 g/mol. The number of carboxylic acid groups (broad SMARTS) is 1. The molecule has 0 saturated heterocycles. The van der Waals surface area contributed by atoms with Gasteiger partial charge >= 0.3 is 12.0 Å². The Morgan fingerprint density at radius 3 is 2.38 bits per heavy atom. The van der Waals surface area contributed by atoms with E-state index in [1.165, 1.54) is 18.9 Å². The topological polar surface area (TPSA) is 107 Å². The van der Waals surface area contributed by atoms with Gasteiger partial charge in [0.05, 0.1) is 19.8 Å². The monoisotopic (exact) mass is 490 g/mol. The predicted octanol–water partition coefficient (Wildman–Crippen LogP) is 2.82. The van der Waals surface area contributed by atoms with Crippen molar-refractivity contribution in [3.63, 3.8) is 0 Å². The Morgan fingerprint density at radius 2 is 1.79 bits per heavy atom. The Bertz CT molecular complexity index is 720. The van der Waals surface area contributed by atoms with Crippen molar-refractivity contribution in [2.24, 2.45) is 0 Å². The van der Waals surface area contributed by atoms with E-state index in [0.717, 1.165) is 5.56 Å². The molecule has 194 valence electrons. The van der Waals surface area contributed by atoms with E-state index < -0.39 is 24.6 Å². The summed E-state index contributed by atoms with van der Waals surface area (Å²) in [5.74, 6) is -3.37. The van der Waals surface area contributed by atoms with Gasteiger partial charge in [0, 0.05) is 39.6 Å². The van der Waals surface area contributed by atoms with Gasteiger partial charge in [0.25, 0.3) is 5.92 Å². The van der Waals surface area contributed by atoms with Crippen molar-refractivity contribution in [2.75, 3.05) is 59.8 Å². The number of carbonyl (C=O) groups excluding carboxylic acids is 1. The number of carboxylic acids is 1. The van der Waals surface area contributed by atoms with Gasteiger partial charge in [-0.3, -0.25) is 0 Å². The fourth-order valence-corrected chi connectivity index (χ4v) is 2.81. The molecule has 0 bridgehead atoms. The first-order chi connectivity index (χ1) is 16.2. The second-order valence-corrected chi connectivity index (χ2v) is 7.45. The molecule has 1 aromatic carbocycles. The van der Waals surface area contributed by atoms with E-state index in [-0.39, 0.29) is 45.2 Å². The van der Waals surface area contributed by atoms with Gasteiger partial charge in [0.2, 0.25) is 0 Å². The lowest BCUT2D eigenvalue weighted by atomic mass is 10.1. The van der Waals surface area contributed by atoms with Gasteiger partial charge in [-0.15, -0.1) is 0 Å². The van der Waals surface area contributed by atoms with Crippen LogP contribution in [0.3, 0.4) is 0 Å². The van der Waals surface area contributed by atoms with Crippen LogP contribution < -0.4 is 10.1 Å². The Kier molecular flexibility index (Phi) is 14.1. The lowest BCUT2D eigenvalue weighted by Gasteiger charge is -2.24. The van der Waals surface area contributed by atoms with Gasteiger partial charge in [0.15, 0.2) is 6.10 Å². The molecule has 0 aliphatic heterocycles. The fraction of sp³-hybridized carbons (Fsp3) is 0.652. The zero-order valence-corrected chi connectivity index (χ0v) is 20.1. The van der Waals surface area contributed by atoms with Crippen LogP contribution in [0.15, 0.2) is 24.3 Å². The van der Waals surface area contributed by atoms with Crippen molar-refractivity contribution in [2.45, 2.75) is 38.7 Å². The highest BCUT2D eigenvalue weighted by molar-refractivity contribution is 5.74. The van der Waals surface area contributed by atoms with E-state index in [4.69, 9.17) is 18.9 Å². The van der Waals surface area contributed by atoms with Crippen molar-refractivity contribution in [1.29, 1.82) is 0 Å². The molecule has 9 nitrogen and oxygen atoms in total. The van der Waals surface area contributed by atoms with Crippen LogP contribution in [-0.2, 0) is 25.4 Å². The number of methoxy groups -OCH3 is 1. The Balaban J connectivity index is 2.57. The van der Waals surface area contributed by atoms with Crippen LogP contribution in [0, 0.1) is 0 Å². The molecule has 2 amide bonds. The van der Waals surface area contributed by atoms with E-state index in [1.54, 1.807) is 31.2 Å². The summed E-state index contributed by atoms with van der Waals surface area (Å²) in [7, 11) is 1.52. The second kappa shape index (κ2) is 16.2. The standard InChI is InChI=1S/C23H36F2N2O7/c1-4-23(24,25)17-32-14-11-27(22(30)26-10-13-31-3)12-15-34-19-8-6-18(7-9-19)16-20(21(28)29)33-5-2/h6-9,20H,4-5,10-17H2,1-3H3,(H,26,30)(H,28,29). The van der Waals surface area contributed by atoms with E-state index >= 15 is 0 Å². The third-order valence-corrected chi connectivity index (χ3v) is 4.82. The average Bonchev–Trinajstić information content (AvgIpc) is 2.81. The van der Waals surface area contributed by atoms with Gasteiger partial charge in [-0.1, -0.05) is 19.1 Å². The molecule has 0 radical (unpaired) electrons. The number of ether oxygens (including phenoxy) is 4. The summed E-state index contributed by atoms with van der Waals surface area (Å²) < 4.78 is 47.5. The lowest BCUT2D eigenvalue weighted by Crippen LogP contribution is -2.44. The van der Waals surface area contributed by atoms with Crippen molar-refractivity contribution < 1.29 is 42.4 Å². The first kappa shape index (κ1) is 29.5. The number of benzene rings is 1. The third kappa shape index (κ3) is 12.1. The number of aliphatic carboxylic acids is 1. The third-order valence-electron chi connectivity index (χ3n) is 4.82. The molecule has 34 heavy (non-hydrogen) atoms. The summed E-state index contributed by atoms with van der Waals surface area (Å²) in [4.78, 5) is 25.1. The SMILES string of the molecule is CCOC(Cc1ccc(OCCN(CCOCC(F)(F)CC)C(=O)NCCOC)cc1)C(=O)O. The zero-order chi connectivity index (χ0) is 25.4. The summed E-state index contributed by atoms with van der Waals surface area (Å²) in [5, 5.41) is 11.9. The van der Waals surface area contributed by atoms with Gasteiger partial charge in [-0.25, -0.2) is 18.4 Å². The normalized spacial score (nSPS) is 12.3. The second-order valence-electron chi connectivity index (χ2n) is 7.45. The Morgan fingerprint density at radius 1 is 1.12 bits per heavy atom. The molecule has 0 fully saturated rings. The number of carbonyl (C=O) groups is 2. The van der Waals surface area contributed by atoms with Crippen molar-refractivity contribution in [3.8, 4) is 5.75 Å². The summed E-state index contributed by atoms with van der Waals surface area (Å²) in [5.41, 5.74) is 0.786. The molecule has 0 saturated carbocycles. The maximum atomic E-state index is 13.3. The summed E-state index contributed by atoms with van der Waals surface area (Å²) in [6.07, 6.45) is -0.999. The molecular weight excluding hydrogens is 454 g/mol. The number of nitrogens with zero attached hydrogens (tertiary/aromatic N) is 1. The number of hydrogen-bond donors (Lipinski definition) is 2. The fourth-order valence-electron chi connectivity index (χ4n) is 2.81. The smallest absolute Gasteiger partial charge is 0.333 e. The Labute approximate surface area is 199 Å². The molecule has 0 spiro atoms. The van der Waals surface area contributed by atoms with Crippen molar-refractivity contribution in [3.05, 3.63) is 29.8 Å². The molecule has 0 aliphatic carbocycles. The quantitative estimate of drug-likeness (QED) is 0.305. The number of halogens is 2. The van der Waals surface area contributed by atoms with Crippen LogP contribution >= 0.6 is 0 Å². The molecule has 0 heterocycles. The van der Waals surface area contributed by atoms with Crippen LogP contribution in [0.5, 0.6) is 5.75 Å². The lowest BCUT2D eigenvalue weighted by molar-refractivity contribution is -0.149. The van der Waals surface area contributed by atoms with Crippen LogP contribution in [0.4, 0.5) is 13.6 Å². The highest BCUT2D eigenvalue weighted by atomic mass is 19.3. The maximum Gasteiger partial charge on any atom is 0.333 e. The minimum Gasteiger partial charge on any atom is -0.492 e. The first-order valence-electron chi connectivity index (χ1n) is 11.3. The molecule has 1 rings (SSSR count). The molecular formula is C23H36F2N2O7. The zero-order valence-electron chi connectivity index (χ0n) is 20.1. The maximum absolute atomic E-state index is 13.3. The van der Waals surface area contributed by atoms with Crippen LogP contribution in [0.25, 0.3) is 0 Å². The molecule has 0 aromatic heterocycles. The van der Waals surface area contributed by atoms with Gasteiger partial charge < -0.3 is 34.3 Å². The number of rotatable bonds is 18. The van der Waals surface area contributed by atoms with E-state index in [0.29, 0.717) is 25.5 Å². The molecule has 2 N–H and O–H groups in total. The molecule has 1 atom stereocenters. The molecule has 11 heteroatoms. The minimum absolute atomic E-state index is 0.0352. The van der Waals surface area contributed by atoms with E-state index in [9.17, 15) is 23.5 Å². The van der Waals surface area contributed by atoms with Crippen LogP contribution in [-0.4, -0.2) is 93.8 Å². The summed E-state index contributed by atoms with van der Waals surface area (Å²) >= 11 is 0. The molecule has 1 unspecified atom stereocenters. The number of nitrogens with one attached hydrogen (secondary N) is 1. The minimum atomic E-state index is -2.89. The van der Waals surface area contributed by atoms with E-state index in [2.05, 4.69) is 5.32 Å². The van der Waals surface area contributed by atoms with E-state index in [1.807, 2.05) is 0 Å². The molecule has 0 aliphatic rings. The highest BCUT2D eigenvalue weighted by Gasteiger charge is 2.26.